The van der Waals surface area contributed by atoms with Gasteiger partial charge in [-0.1, -0.05) is 44.2 Å². The number of aromatic nitrogens is 1. The Labute approximate surface area is 163 Å². The lowest BCUT2D eigenvalue weighted by Crippen LogP contribution is -2.43. The Morgan fingerprint density at radius 3 is 2.37 bits per heavy atom. The van der Waals surface area contributed by atoms with Crippen LogP contribution in [0.2, 0.25) is 0 Å². The number of nitrogens with one attached hydrogen (secondary N) is 2. The van der Waals surface area contributed by atoms with Crippen molar-refractivity contribution in [1.82, 2.24) is 20.5 Å². The first kappa shape index (κ1) is 21.0. The minimum atomic E-state index is 0.288. The number of hydrogen-bond acceptors (Lipinski definition) is 4. The first-order valence-corrected chi connectivity index (χ1v) is 9.83. The maximum absolute atomic E-state index is 5.63. The van der Waals surface area contributed by atoms with Gasteiger partial charge in [-0.2, -0.15) is 0 Å². The van der Waals surface area contributed by atoms with Gasteiger partial charge in [-0.15, -0.1) is 0 Å². The van der Waals surface area contributed by atoms with Gasteiger partial charge in [0.05, 0.1) is 11.7 Å². The van der Waals surface area contributed by atoms with Crippen LogP contribution >= 0.6 is 0 Å². The average molecular weight is 372 g/mol. The molecule has 148 valence electrons. The minimum absolute atomic E-state index is 0.288. The summed E-state index contributed by atoms with van der Waals surface area (Å²) in [6.07, 6.45) is 0. The van der Waals surface area contributed by atoms with E-state index < -0.39 is 0 Å². The van der Waals surface area contributed by atoms with Crippen molar-refractivity contribution in [3.63, 3.8) is 0 Å². The van der Waals surface area contributed by atoms with E-state index in [1.54, 1.807) is 0 Å². The largest absolute Gasteiger partial charge is 0.444 e. The lowest BCUT2D eigenvalue weighted by molar-refractivity contribution is 0.219. The predicted molar refractivity (Wildman–Crippen MR) is 111 cm³/mol. The Bertz CT molecular complexity index is 687. The van der Waals surface area contributed by atoms with E-state index in [-0.39, 0.29) is 6.04 Å². The van der Waals surface area contributed by atoms with Gasteiger partial charge >= 0.3 is 0 Å². The van der Waals surface area contributed by atoms with Crippen LogP contribution in [0.3, 0.4) is 0 Å². The molecule has 0 bridgehead atoms. The number of aliphatic imine (C=N–C) groups is 1. The van der Waals surface area contributed by atoms with Crippen LogP contribution in [0, 0.1) is 13.8 Å². The van der Waals surface area contributed by atoms with Crippen LogP contribution < -0.4 is 10.6 Å². The molecule has 0 amide bonds. The van der Waals surface area contributed by atoms with Crippen LogP contribution in [0.5, 0.6) is 0 Å². The number of nitrogens with zero attached hydrogens (tertiary/aromatic N) is 3. The van der Waals surface area contributed by atoms with Crippen molar-refractivity contribution in [2.75, 3.05) is 26.2 Å². The number of guanidine groups is 1. The molecule has 6 nitrogen and oxygen atoms in total. The minimum Gasteiger partial charge on any atom is -0.444 e. The highest BCUT2D eigenvalue weighted by atomic mass is 16.4. The third-order valence-electron chi connectivity index (χ3n) is 4.69. The lowest BCUT2D eigenvalue weighted by atomic mass is 10.1. The molecule has 0 spiro atoms. The molecule has 0 saturated carbocycles. The van der Waals surface area contributed by atoms with E-state index >= 15 is 0 Å². The van der Waals surface area contributed by atoms with Crippen LogP contribution in [0.15, 0.2) is 39.7 Å². The Kier molecular flexibility index (Phi) is 8.33. The summed E-state index contributed by atoms with van der Waals surface area (Å²) in [5, 5.41) is 6.79. The zero-order valence-electron chi connectivity index (χ0n) is 17.2. The number of aryl methyl sites for hydroxylation is 2. The second-order valence-electron chi connectivity index (χ2n) is 6.47. The Morgan fingerprint density at radius 2 is 1.81 bits per heavy atom. The molecule has 1 aromatic carbocycles. The lowest BCUT2D eigenvalue weighted by Gasteiger charge is -2.30. The number of likely N-dealkylation sites (N-methyl/N-ethyl adjacent to an activating group) is 1. The van der Waals surface area contributed by atoms with Gasteiger partial charge in [0.2, 0.25) is 5.89 Å². The standard InChI is InChI=1S/C21H33N5O/c1-6-22-21(24-15-20-25-16(4)17(5)27-20)23-14-19(26(7-2)8-3)18-12-10-9-11-13-18/h9-13,19H,6-8,14-15H2,1-5H3,(H2,22,23,24). The van der Waals surface area contributed by atoms with E-state index in [1.807, 2.05) is 13.8 Å². The van der Waals surface area contributed by atoms with Gasteiger partial charge in [-0.3, -0.25) is 4.90 Å². The van der Waals surface area contributed by atoms with Crippen LogP contribution in [0.25, 0.3) is 0 Å². The maximum atomic E-state index is 5.63. The molecule has 0 aliphatic heterocycles. The predicted octanol–water partition coefficient (Wildman–Crippen LogP) is 3.43. The highest BCUT2D eigenvalue weighted by molar-refractivity contribution is 5.79. The van der Waals surface area contributed by atoms with E-state index in [4.69, 9.17) is 4.42 Å². The molecule has 6 heteroatoms. The normalized spacial score (nSPS) is 13.0. The van der Waals surface area contributed by atoms with Gasteiger partial charge in [0.15, 0.2) is 5.96 Å². The molecule has 2 rings (SSSR count). The molecule has 1 unspecified atom stereocenters. The van der Waals surface area contributed by atoms with Gasteiger partial charge in [0, 0.05) is 13.1 Å². The number of oxazole rings is 1. The zero-order valence-corrected chi connectivity index (χ0v) is 17.2. The van der Waals surface area contributed by atoms with Crippen molar-refractivity contribution in [2.45, 2.75) is 47.2 Å². The van der Waals surface area contributed by atoms with Gasteiger partial charge in [-0.05, 0) is 39.4 Å². The van der Waals surface area contributed by atoms with Crippen molar-refractivity contribution in [1.29, 1.82) is 0 Å². The van der Waals surface area contributed by atoms with Crippen LogP contribution in [0.1, 0.15) is 49.7 Å². The maximum Gasteiger partial charge on any atom is 0.216 e. The quantitative estimate of drug-likeness (QED) is 0.522. The van der Waals surface area contributed by atoms with Crippen molar-refractivity contribution in [3.05, 3.63) is 53.2 Å². The van der Waals surface area contributed by atoms with Gasteiger partial charge in [-0.25, -0.2) is 9.98 Å². The molecule has 0 radical (unpaired) electrons. The SMILES string of the molecule is CCNC(=NCc1nc(C)c(C)o1)NCC(c1ccccc1)N(CC)CC. The van der Waals surface area contributed by atoms with E-state index in [0.717, 1.165) is 43.6 Å². The van der Waals surface area contributed by atoms with E-state index in [2.05, 4.69) is 76.6 Å². The Morgan fingerprint density at radius 1 is 1.11 bits per heavy atom. The fraction of sp³-hybridized carbons (Fsp3) is 0.524. The fourth-order valence-corrected chi connectivity index (χ4v) is 3.09. The Hall–Kier alpha value is -2.34. The summed E-state index contributed by atoms with van der Waals surface area (Å²) in [7, 11) is 0. The molecule has 1 atom stereocenters. The topological polar surface area (TPSA) is 65.7 Å². The van der Waals surface area contributed by atoms with Crippen LogP contribution in [-0.2, 0) is 6.54 Å². The summed E-state index contributed by atoms with van der Waals surface area (Å²) in [5.74, 6) is 2.27. The molecule has 0 aliphatic carbocycles. The van der Waals surface area contributed by atoms with Gasteiger partial charge in [0.25, 0.3) is 0 Å². The van der Waals surface area contributed by atoms with Crippen molar-refractivity contribution >= 4 is 5.96 Å². The van der Waals surface area contributed by atoms with Gasteiger partial charge in [0.1, 0.15) is 12.3 Å². The molecule has 0 fully saturated rings. The van der Waals surface area contributed by atoms with Crippen molar-refractivity contribution < 1.29 is 4.42 Å². The molecule has 1 heterocycles. The van der Waals surface area contributed by atoms with Gasteiger partial charge < -0.3 is 15.1 Å². The molecule has 0 saturated heterocycles. The molecule has 0 aliphatic rings. The molecular formula is C21H33N5O. The highest BCUT2D eigenvalue weighted by Gasteiger charge is 2.18. The summed E-state index contributed by atoms with van der Waals surface area (Å²) in [6, 6.07) is 10.9. The number of hydrogen-bond donors (Lipinski definition) is 2. The van der Waals surface area contributed by atoms with E-state index in [0.29, 0.717) is 12.4 Å². The highest BCUT2D eigenvalue weighted by Crippen LogP contribution is 2.19. The summed E-state index contributed by atoms with van der Waals surface area (Å²) in [5.41, 5.74) is 2.23. The van der Waals surface area contributed by atoms with Crippen molar-refractivity contribution in [3.8, 4) is 0 Å². The third-order valence-corrected chi connectivity index (χ3v) is 4.69. The first-order valence-electron chi connectivity index (χ1n) is 9.83. The average Bonchev–Trinajstić information content (AvgIpc) is 3.01. The second kappa shape index (κ2) is 10.7. The second-order valence-corrected chi connectivity index (χ2v) is 6.47. The number of benzene rings is 1. The third kappa shape index (κ3) is 6.10. The Balaban J connectivity index is 2.09. The molecule has 2 aromatic rings. The smallest absolute Gasteiger partial charge is 0.216 e. The first-order chi connectivity index (χ1) is 13.1. The molecular weight excluding hydrogens is 338 g/mol. The summed E-state index contributed by atoms with van der Waals surface area (Å²) in [4.78, 5) is 11.5. The summed E-state index contributed by atoms with van der Waals surface area (Å²) >= 11 is 0. The van der Waals surface area contributed by atoms with E-state index in [9.17, 15) is 0 Å². The summed E-state index contributed by atoms with van der Waals surface area (Å²) < 4.78 is 5.63. The molecule has 27 heavy (non-hydrogen) atoms. The molecule has 1 aromatic heterocycles. The monoisotopic (exact) mass is 371 g/mol. The molecule has 2 N–H and O–H groups in total. The van der Waals surface area contributed by atoms with Crippen LogP contribution in [-0.4, -0.2) is 42.0 Å². The zero-order chi connectivity index (χ0) is 19.6. The van der Waals surface area contributed by atoms with Crippen LogP contribution in [0.4, 0.5) is 0 Å². The van der Waals surface area contributed by atoms with E-state index in [1.165, 1.54) is 5.56 Å². The summed E-state index contributed by atoms with van der Waals surface area (Å²) in [6.45, 7) is 14.3. The fourth-order valence-electron chi connectivity index (χ4n) is 3.09. The number of rotatable bonds is 9. The van der Waals surface area contributed by atoms with Crippen molar-refractivity contribution in [2.24, 2.45) is 4.99 Å².